The first-order chi connectivity index (χ1) is 10.3. The van der Waals surface area contributed by atoms with Crippen molar-refractivity contribution in [1.82, 2.24) is 10.6 Å². The van der Waals surface area contributed by atoms with E-state index in [-0.39, 0.29) is 18.2 Å². The number of carbonyl (C=O) groups excluding carboxylic acids is 1. The monoisotopic (exact) mass is 288 g/mol. The van der Waals surface area contributed by atoms with Crippen molar-refractivity contribution in [1.29, 1.82) is 0 Å². The zero-order valence-corrected chi connectivity index (χ0v) is 12.4. The minimum Gasteiger partial charge on any atom is -0.446 e. The largest absolute Gasteiger partial charge is 0.446 e. The van der Waals surface area contributed by atoms with E-state index in [2.05, 4.69) is 22.8 Å². The summed E-state index contributed by atoms with van der Waals surface area (Å²) in [4.78, 5) is 12.2. The number of carbonyl (C=O) groups is 1. The van der Waals surface area contributed by atoms with E-state index in [9.17, 15) is 4.79 Å². The molecule has 2 aliphatic rings. The Morgan fingerprint density at radius 2 is 1.86 bits per heavy atom. The van der Waals surface area contributed by atoms with E-state index in [1.165, 1.54) is 24.8 Å². The van der Waals surface area contributed by atoms with Crippen LogP contribution in [0.3, 0.4) is 0 Å². The van der Waals surface area contributed by atoms with Gasteiger partial charge in [-0.1, -0.05) is 36.8 Å². The van der Waals surface area contributed by atoms with E-state index < -0.39 is 0 Å². The van der Waals surface area contributed by atoms with E-state index in [1.54, 1.807) is 0 Å². The number of rotatable bonds is 4. The first-order valence-electron chi connectivity index (χ1n) is 8.06. The summed E-state index contributed by atoms with van der Waals surface area (Å²) in [5.41, 5.74) is 1.18. The zero-order valence-electron chi connectivity index (χ0n) is 12.4. The Bertz CT molecular complexity index is 453. The van der Waals surface area contributed by atoms with Gasteiger partial charge in [0.05, 0.1) is 6.04 Å². The Kier molecular flexibility index (Phi) is 4.76. The minimum atomic E-state index is -0.261. The summed E-state index contributed by atoms with van der Waals surface area (Å²) >= 11 is 0. The summed E-state index contributed by atoms with van der Waals surface area (Å²) in [6.45, 7) is 1.87. The molecular weight excluding hydrogens is 264 g/mol. The second kappa shape index (κ2) is 6.94. The Balaban J connectivity index is 1.60. The van der Waals surface area contributed by atoms with E-state index in [1.807, 2.05) is 18.2 Å². The van der Waals surface area contributed by atoms with Crippen LogP contribution in [0.4, 0.5) is 4.79 Å². The topological polar surface area (TPSA) is 50.4 Å². The second-order valence-corrected chi connectivity index (χ2v) is 6.08. The van der Waals surface area contributed by atoms with Gasteiger partial charge in [0, 0.05) is 0 Å². The first-order valence-corrected chi connectivity index (χ1v) is 8.06. The van der Waals surface area contributed by atoms with E-state index >= 15 is 0 Å². The molecule has 114 valence electrons. The summed E-state index contributed by atoms with van der Waals surface area (Å²) < 4.78 is 5.57. The van der Waals surface area contributed by atoms with Crippen molar-refractivity contribution in [3.63, 3.8) is 0 Å². The van der Waals surface area contributed by atoms with Gasteiger partial charge < -0.3 is 15.4 Å². The zero-order chi connectivity index (χ0) is 14.5. The van der Waals surface area contributed by atoms with E-state index in [4.69, 9.17) is 4.74 Å². The number of piperidine rings is 1. The van der Waals surface area contributed by atoms with Crippen LogP contribution in [0.5, 0.6) is 0 Å². The molecule has 1 aromatic carbocycles. The molecule has 0 spiro atoms. The molecular formula is C17H24N2O2. The molecule has 0 radical (unpaired) electrons. The van der Waals surface area contributed by atoms with Gasteiger partial charge in [0.1, 0.15) is 6.10 Å². The fourth-order valence-electron chi connectivity index (χ4n) is 3.13. The van der Waals surface area contributed by atoms with Crippen molar-refractivity contribution in [2.24, 2.45) is 5.92 Å². The van der Waals surface area contributed by atoms with Crippen LogP contribution in [0.25, 0.3) is 0 Å². The normalized spacial score (nSPS) is 21.3. The molecule has 4 nitrogen and oxygen atoms in total. The summed E-state index contributed by atoms with van der Waals surface area (Å²) in [5, 5.41) is 6.38. The van der Waals surface area contributed by atoms with Gasteiger partial charge in [0.15, 0.2) is 0 Å². The molecule has 1 aromatic rings. The molecule has 21 heavy (non-hydrogen) atoms. The van der Waals surface area contributed by atoms with Gasteiger partial charge in [-0.25, -0.2) is 4.79 Å². The van der Waals surface area contributed by atoms with Crippen molar-refractivity contribution in [2.45, 2.75) is 44.2 Å². The average Bonchev–Trinajstić information content (AvgIpc) is 2.47. The third-order valence-corrected chi connectivity index (χ3v) is 4.61. The van der Waals surface area contributed by atoms with E-state index in [0.717, 1.165) is 25.9 Å². The van der Waals surface area contributed by atoms with Crippen LogP contribution in [0.15, 0.2) is 30.3 Å². The van der Waals surface area contributed by atoms with Crippen molar-refractivity contribution in [3.8, 4) is 0 Å². The Hall–Kier alpha value is -1.55. The van der Waals surface area contributed by atoms with Crippen LogP contribution in [0.1, 0.15) is 43.7 Å². The van der Waals surface area contributed by atoms with Crippen LogP contribution < -0.4 is 10.6 Å². The lowest BCUT2D eigenvalue weighted by Crippen LogP contribution is -2.40. The summed E-state index contributed by atoms with van der Waals surface area (Å²) in [6, 6.07) is 10.3. The predicted octanol–water partition coefficient (Wildman–Crippen LogP) is 3.01. The molecule has 0 bridgehead atoms. The van der Waals surface area contributed by atoms with Crippen LogP contribution in [-0.4, -0.2) is 25.3 Å². The fraction of sp³-hybridized carbons (Fsp3) is 0.588. The Morgan fingerprint density at radius 1 is 1.14 bits per heavy atom. The molecule has 1 amide bonds. The van der Waals surface area contributed by atoms with Crippen molar-refractivity contribution in [2.75, 3.05) is 13.1 Å². The molecule has 1 atom stereocenters. The molecule has 2 fully saturated rings. The molecule has 1 saturated carbocycles. The second-order valence-electron chi connectivity index (χ2n) is 6.08. The van der Waals surface area contributed by atoms with Crippen molar-refractivity contribution < 1.29 is 9.53 Å². The van der Waals surface area contributed by atoms with E-state index in [0.29, 0.717) is 5.92 Å². The molecule has 1 saturated heterocycles. The summed E-state index contributed by atoms with van der Waals surface area (Å²) in [6.07, 6.45) is 5.26. The van der Waals surface area contributed by atoms with Gasteiger partial charge in [0.2, 0.25) is 0 Å². The van der Waals surface area contributed by atoms with Crippen molar-refractivity contribution >= 4 is 6.09 Å². The standard InChI is InChI=1S/C17H24N2O2/c20-17(21-15-9-11-18-12-10-15)19-16(14-7-4-8-14)13-5-2-1-3-6-13/h1-3,5-6,14-16,18H,4,7-12H2,(H,19,20). The number of alkyl carbamates (subject to hydrolysis) is 1. The number of benzene rings is 1. The highest BCUT2D eigenvalue weighted by Crippen LogP contribution is 2.37. The molecule has 0 aromatic heterocycles. The number of amides is 1. The number of hydrogen-bond donors (Lipinski definition) is 2. The molecule has 3 rings (SSSR count). The van der Waals surface area contributed by atoms with Crippen LogP contribution in [-0.2, 0) is 4.74 Å². The Morgan fingerprint density at radius 3 is 2.48 bits per heavy atom. The third-order valence-electron chi connectivity index (χ3n) is 4.61. The summed E-state index contributed by atoms with van der Waals surface area (Å²) in [7, 11) is 0. The molecule has 1 unspecified atom stereocenters. The SMILES string of the molecule is O=C(NC(c1ccccc1)C1CCC1)OC1CCNCC1. The highest BCUT2D eigenvalue weighted by molar-refractivity contribution is 5.68. The third kappa shape index (κ3) is 3.76. The molecule has 1 aliphatic heterocycles. The molecule has 4 heteroatoms. The molecule has 1 heterocycles. The molecule has 1 aliphatic carbocycles. The van der Waals surface area contributed by atoms with Crippen molar-refractivity contribution in [3.05, 3.63) is 35.9 Å². The Labute approximate surface area is 126 Å². The van der Waals surface area contributed by atoms with Gasteiger partial charge in [0.25, 0.3) is 0 Å². The first kappa shape index (κ1) is 14.4. The maximum absolute atomic E-state index is 12.2. The van der Waals surface area contributed by atoms with Crippen LogP contribution in [0.2, 0.25) is 0 Å². The van der Waals surface area contributed by atoms with Crippen LogP contribution >= 0.6 is 0 Å². The van der Waals surface area contributed by atoms with Gasteiger partial charge in [-0.2, -0.15) is 0 Å². The smallest absolute Gasteiger partial charge is 0.407 e. The number of hydrogen-bond acceptors (Lipinski definition) is 3. The molecule has 2 N–H and O–H groups in total. The minimum absolute atomic E-state index is 0.0593. The maximum Gasteiger partial charge on any atom is 0.407 e. The lowest BCUT2D eigenvalue weighted by atomic mass is 9.77. The van der Waals surface area contributed by atoms with Gasteiger partial charge >= 0.3 is 6.09 Å². The predicted molar refractivity (Wildman–Crippen MR) is 82.0 cm³/mol. The number of nitrogens with one attached hydrogen (secondary N) is 2. The highest BCUT2D eigenvalue weighted by atomic mass is 16.6. The average molecular weight is 288 g/mol. The quantitative estimate of drug-likeness (QED) is 0.895. The maximum atomic E-state index is 12.2. The van der Waals surface area contributed by atoms with Crippen LogP contribution in [0, 0.1) is 5.92 Å². The fourth-order valence-corrected chi connectivity index (χ4v) is 3.13. The van der Waals surface area contributed by atoms with Gasteiger partial charge in [-0.15, -0.1) is 0 Å². The van der Waals surface area contributed by atoms with Gasteiger partial charge in [-0.3, -0.25) is 0 Å². The number of ether oxygens (including phenoxy) is 1. The van der Waals surface area contributed by atoms with Gasteiger partial charge in [-0.05, 0) is 50.3 Å². The summed E-state index contributed by atoms with van der Waals surface area (Å²) in [5.74, 6) is 0.549. The lowest BCUT2D eigenvalue weighted by molar-refractivity contribution is 0.0717. The lowest BCUT2D eigenvalue weighted by Gasteiger charge is -2.35. The highest BCUT2D eigenvalue weighted by Gasteiger charge is 2.30.